The Morgan fingerprint density at radius 2 is 1.84 bits per heavy atom. The Morgan fingerprint density at radius 3 is 2.32 bits per heavy atom. The highest BCUT2D eigenvalue weighted by atomic mass is 32.2. The zero-order chi connectivity index (χ0) is 14.0. The van der Waals surface area contributed by atoms with Gasteiger partial charge in [-0.1, -0.05) is 0 Å². The smallest absolute Gasteiger partial charge is 0.281 e. The molecule has 1 aromatic rings. The Hall–Kier alpha value is -1.38. The maximum atomic E-state index is 12.0. The van der Waals surface area contributed by atoms with Crippen molar-refractivity contribution in [2.75, 3.05) is 50.9 Å². The van der Waals surface area contributed by atoms with Crippen LogP contribution in [0.25, 0.3) is 0 Å². The van der Waals surface area contributed by atoms with Crippen LogP contribution in [0, 0.1) is 0 Å². The van der Waals surface area contributed by atoms with Gasteiger partial charge in [-0.3, -0.25) is 0 Å². The van der Waals surface area contributed by atoms with Crippen LogP contribution < -0.4 is 10.6 Å². The fraction of sp³-hybridized carbons (Fsp3) is 0.545. The van der Waals surface area contributed by atoms with Crippen molar-refractivity contribution in [1.82, 2.24) is 13.6 Å². The lowest BCUT2D eigenvalue weighted by molar-refractivity contribution is 0.355. The lowest BCUT2D eigenvalue weighted by atomic mass is 10.3. The molecule has 0 bridgehead atoms. The van der Waals surface area contributed by atoms with Gasteiger partial charge in [0.15, 0.2) is 0 Å². The van der Waals surface area contributed by atoms with E-state index in [0.717, 1.165) is 5.69 Å². The first-order valence-corrected chi connectivity index (χ1v) is 7.45. The zero-order valence-electron chi connectivity index (χ0n) is 11.2. The van der Waals surface area contributed by atoms with Crippen LogP contribution in [0.5, 0.6) is 0 Å². The van der Waals surface area contributed by atoms with Crippen LogP contribution >= 0.6 is 0 Å². The number of nitrogen functional groups attached to an aromatic ring is 1. The standard InChI is InChI=1S/C11H19N5O2S/c1-14(2)19(17,18)16-7-5-15(6-8-16)10-3-4-11(12)13-9-10/h3-4,9H,5-8H2,1-2H3,(H2,12,13). The van der Waals surface area contributed by atoms with Gasteiger partial charge >= 0.3 is 0 Å². The topological polar surface area (TPSA) is 82.8 Å². The van der Waals surface area contributed by atoms with Gasteiger partial charge in [0.25, 0.3) is 10.2 Å². The number of aromatic nitrogens is 1. The molecule has 1 aliphatic heterocycles. The van der Waals surface area contributed by atoms with E-state index in [1.165, 1.54) is 8.61 Å². The Labute approximate surface area is 113 Å². The summed E-state index contributed by atoms with van der Waals surface area (Å²) in [5.41, 5.74) is 6.51. The Bertz CT molecular complexity index is 521. The predicted octanol–water partition coefficient (Wildman–Crippen LogP) is -0.408. The quantitative estimate of drug-likeness (QED) is 0.816. The van der Waals surface area contributed by atoms with Crippen molar-refractivity contribution in [1.29, 1.82) is 0 Å². The molecule has 0 saturated carbocycles. The number of piperazine rings is 1. The van der Waals surface area contributed by atoms with Gasteiger partial charge in [-0.05, 0) is 12.1 Å². The SMILES string of the molecule is CN(C)S(=O)(=O)N1CCN(c2ccc(N)nc2)CC1. The molecule has 1 aliphatic rings. The normalized spacial score (nSPS) is 17.9. The second kappa shape index (κ2) is 5.32. The van der Waals surface area contributed by atoms with E-state index in [9.17, 15) is 8.42 Å². The number of hydrogen-bond acceptors (Lipinski definition) is 5. The average Bonchev–Trinajstić information content (AvgIpc) is 2.39. The van der Waals surface area contributed by atoms with Crippen LogP contribution in [0.1, 0.15) is 0 Å². The fourth-order valence-corrected chi connectivity index (χ4v) is 3.08. The van der Waals surface area contributed by atoms with Gasteiger partial charge in [-0.15, -0.1) is 0 Å². The zero-order valence-corrected chi connectivity index (χ0v) is 12.0. The summed E-state index contributed by atoms with van der Waals surface area (Å²) in [5.74, 6) is 0.484. The van der Waals surface area contributed by atoms with Crippen molar-refractivity contribution in [2.45, 2.75) is 0 Å². The van der Waals surface area contributed by atoms with Gasteiger partial charge < -0.3 is 10.6 Å². The predicted molar refractivity (Wildman–Crippen MR) is 75.0 cm³/mol. The summed E-state index contributed by atoms with van der Waals surface area (Å²) in [6, 6.07) is 3.65. The van der Waals surface area contributed by atoms with E-state index in [4.69, 9.17) is 5.73 Å². The molecule has 0 radical (unpaired) electrons. The molecule has 0 spiro atoms. The highest BCUT2D eigenvalue weighted by Gasteiger charge is 2.28. The lowest BCUT2D eigenvalue weighted by Crippen LogP contribution is -2.51. The molecule has 106 valence electrons. The third-order valence-corrected chi connectivity index (χ3v) is 5.10. The maximum Gasteiger partial charge on any atom is 0.281 e. The first-order valence-electron chi connectivity index (χ1n) is 6.05. The molecule has 0 aliphatic carbocycles. The third kappa shape index (κ3) is 2.96. The summed E-state index contributed by atoms with van der Waals surface area (Å²) < 4.78 is 26.7. The van der Waals surface area contributed by atoms with Gasteiger partial charge in [0.2, 0.25) is 0 Å². The van der Waals surface area contributed by atoms with E-state index >= 15 is 0 Å². The van der Waals surface area contributed by atoms with Crippen molar-refractivity contribution in [2.24, 2.45) is 0 Å². The molecule has 0 amide bonds. The molecule has 0 unspecified atom stereocenters. The first kappa shape index (κ1) is 14.0. The van der Waals surface area contributed by atoms with E-state index in [1.807, 2.05) is 6.07 Å². The molecule has 0 aromatic carbocycles. The van der Waals surface area contributed by atoms with Gasteiger partial charge in [-0.2, -0.15) is 17.0 Å². The van der Waals surface area contributed by atoms with Crippen LogP contribution in [-0.4, -0.2) is 62.3 Å². The van der Waals surface area contributed by atoms with Gasteiger partial charge in [0.1, 0.15) is 5.82 Å². The molecule has 0 atom stereocenters. The summed E-state index contributed by atoms with van der Waals surface area (Å²) in [5, 5.41) is 0. The minimum absolute atomic E-state index is 0.477. The summed E-state index contributed by atoms with van der Waals surface area (Å²) in [6.07, 6.45) is 1.71. The number of nitrogens with zero attached hydrogens (tertiary/aromatic N) is 4. The van der Waals surface area contributed by atoms with Crippen molar-refractivity contribution >= 4 is 21.7 Å². The van der Waals surface area contributed by atoms with Gasteiger partial charge in [0.05, 0.1) is 11.9 Å². The number of nitrogens with two attached hydrogens (primary N) is 1. The second-order valence-electron chi connectivity index (χ2n) is 4.62. The molecule has 2 rings (SSSR count). The highest BCUT2D eigenvalue weighted by Crippen LogP contribution is 2.17. The van der Waals surface area contributed by atoms with E-state index in [-0.39, 0.29) is 0 Å². The molecule has 2 N–H and O–H groups in total. The van der Waals surface area contributed by atoms with Crippen LogP contribution in [0.3, 0.4) is 0 Å². The largest absolute Gasteiger partial charge is 0.384 e. The molecule has 19 heavy (non-hydrogen) atoms. The van der Waals surface area contributed by atoms with Crippen molar-refractivity contribution < 1.29 is 8.42 Å². The van der Waals surface area contributed by atoms with E-state index < -0.39 is 10.2 Å². The third-order valence-electron chi connectivity index (χ3n) is 3.16. The van der Waals surface area contributed by atoms with Crippen molar-refractivity contribution in [3.8, 4) is 0 Å². The van der Waals surface area contributed by atoms with Crippen LogP contribution in [0.2, 0.25) is 0 Å². The first-order chi connectivity index (χ1) is 8.91. The minimum atomic E-state index is -3.31. The van der Waals surface area contributed by atoms with Crippen LogP contribution in [0.4, 0.5) is 11.5 Å². The second-order valence-corrected chi connectivity index (χ2v) is 6.76. The molecule has 1 aromatic heterocycles. The summed E-state index contributed by atoms with van der Waals surface area (Å²) in [6.45, 7) is 2.26. The lowest BCUT2D eigenvalue weighted by Gasteiger charge is -2.36. The number of hydrogen-bond donors (Lipinski definition) is 1. The van der Waals surface area contributed by atoms with Gasteiger partial charge in [-0.25, -0.2) is 4.98 Å². The minimum Gasteiger partial charge on any atom is -0.384 e. The summed E-state index contributed by atoms with van der Waals surface area (Å²) in [7, 11) is -0.213. The molecule has 1 saturated heterocycles. The molecule has 1 fully saturated rings. The van der Waals surface area contributed by atoms with E-state index in [2.05, 4.69) is 9.88 Å². The number of anilines is 2. The molecule has 2 heterocycles. The maximum absolute atomic E-state index is 12.0. The summed E-state index contributed by atoms with van der Waals surface area (Å²) >= 11 is 0. The summed E-state index contributed by atoms with van der Waals surface area (Å²) in [4.78, 5) is 6.15. The molecular weight excluding hydrogens is 266 g/mol. The van der Waals surface area contributed by atoms with Crippen LogP contribution in [-0.2, 0) is 10.2 Å². The Balaban J connectivity index is 2.02. The Kier molecular flexibility index (Phi) is 3.93. The molecule has 8 heteroatoms. The molecule has 7 nitrogen and oxygen atoms in total. The van der Waals surface area contributed by atoms with E-state index in [1.54, 1.807) is 26.4 Å². The van der Waals surface area contributed by atoms with Gasteiger partial charge in [0, 0.05) is 40.3 Å². The number of pyridine rings is 1. The average molecular weight is 285 g/mol. The molecular formula is C11H19N5O2S. The van der Waals surface area contributed by atoms with Crippen molar-refractivity contribution in [3.05, 3.63) is 18.3 Å². The Morgan fingerprint density at radius 1 is 1.21 bits per heavy atom. The number of rotatable bonds is 3. The van der Waals surface area contributed by atoms with Crippen molar-refractivity contribution in [3.63, 3.8) is 0 Å². The highest BCUT2D eigenvalue weighted by molar-refractivity contribution is 7.86. The fourth-order valence-electron chi connectivity index (χ4n) is 1.99. The van der Waals surface area contributed by atoms with E-state index in [0.29, 0.717) is 32.0 Å². The van der Waals surface area contributed by atoms with Crippen LogP contribution in [0.15, 0.2) is 18.3 Å². The monoisotopic (exact) mass is 285 g/mol.